The van der Waals surface area contributed by atoms with Crippen molar-refractivity contribution in [3.05, 3.63) is 84.6 Å². The van der Waals surface area contributed by atoms with Crippen LogP contribution in [0.1, 0.15) is 80.6 Å². The van der Waals surface area contributed by atoms with Crippen LogP contribution in [-0.2, 0) is 11.8 Å². The second-order valence-corrected chi connectivity index (χ2v) is 10.5. The molecule has 9 heteroatoms. The maximum absolute atomic E-state index is 11.2. The molecule has 252 valence electrons. The Morgan fingerprint density at radius 2 is 1.24 bits per heavy atom. The van der Waals surface area contributed by atoms with E-state index < -0.39 is 0 Å². The van der Waals surface area contributed by atoms with Gasteiger partial charge in [-0.05, 0) is 97.9 Å². The summed E-state index contributed by atoms with van der Waals surface area (Å²) >= 11 is 0. The van der Waals surface area contributed by atoms with E-state index in [0.29, 0.717) is 11.4 Å². The fraction of sp³-hybridized carbons (Fsp3) is 0.472. The monoisotopic (exact) mass is 626 g/mol. The van der Waals surface area contributed by atoms with Gasteiger partial charge in [-0.25, -0.2) is 4.99 Å². The molecule has 1 aliphatic heterocycles. The highest BCUT2D eigenvalue weighted by Gasteiger charge is 2.03. The number of aliphatic imine (C=N–C) groups is 1. The van der Waals surface area contributed by atoms with Crippen LogP contribution in [0.2, 0.25) is 0 Å². The Bertz CT molecular complexity index is 1220. The molecule has 0 unspecified atom stereocenters. The van der Waals surface area contributed by atoms with Crippen LogP contribution in [-0.4, -0.2) is 59.6 Å². The first kappa shape index (κ1) is 42.9. The summed E-state index contributed by atoms with van der Waals surface area (Å²) in [5.41, 5.74) is 0.642. The van der Waals surface area contributed by atoms with E-state index in [1.165, 1.54) is 0 Å². The molecule has 9 nitrogen and oxygen atoms in total. The minimum Gasteiger partial charge on any atom is -0.491 e. The number of aryl methyl sites for hydroxylation is 1. The summed E-state index contributed by atoms with van der Waals surface area (Å²) in [7, 11) is 3.48. The zero-order valence-corrected chi connectivity index (χ0v) is 27.4. The van der Waals surface area contributed by atoms with Gasteiger partial charge in [-0.3, -0.25) is 9.48 Å². The van der Waals surface area contributed by atoms with Gasteiger partial charge in [0.15, 0.2) is 0 Å². The van der Waals surface area contributed by atoms with Crippen LogP contribution in [0.25, 0.3) is 0 Å². The molecule has 45 heavy (non-hydrogen) atoms. The first-order chi connectivity index (χ1) is 20.4. The lowest BCUT2D eigenvalue weighted by Gasteiger charge is -2.09. The summed E-state index contributed by atoms with van der Waals surface area (Å²) in [5.74, 6) is 3.11. The highest BCUT2D eigenvalue weighted by Crippen LogP contribution is 2.13. The number of nitrogens with zero attached hydrogens (tertiary/aromatic N) is 3. The van der Waals surface area contributed by atoms with Crippen LogP contribution in [0.5, 0.6) is 17.4 Å². The molecule has 0 atom stereocenters. The molecule has 0 spiro atoms. The van der Waals surface area contributed by atoms with Gasteiger partial charge >= 0.3 is 0 Å². The molecular weight excluding hydrogens is 568 g/mol. The molecule has 1 amide bonds. The van der Waals surface area contributed by atoms with Gasteiger partial charge in [0.2, 0.25) is 11.8 Å². The first-order valence-corrected chi connectivity index (χ1v) is 14.6. The predicted octanol–water partition coefficient (Wildman–Crippen LogP) is 8.17. The predicted molar refractivity (Wildman–Crippen MR) is 188 cm³/mol. The SMILES string of the molecule is C.C.CC(C)OC1=NCC=C1.CC(C)Oc1ccccc1.CC(C)Oc1ccn(C)n1.CNC(=O)c1ccc(OC(C)C)cc1. The molecule has 1 aliphatic rings. The molecule has 0 radical (unpaired) electrons. The summed E-state index contributed by atoms with van der Waals surface area (Å²) in [6.07, 6.45) is 6.61. The number of hydrogen-bond acceptors (Lipinski definition) is 7. The maximum Gasteiger partial charge on any atom is 0.251 e. The van der Waals surface area contributed by atoms with Crippen molar-refractivity contribution in [2.24, 2.45) is 12.0 Å². The van der Waals surface area contributed by atoms with Crippen molar-refractivity contribution >= 4 is 11.8 Å². The van der Waals surface area contributed by atoms with Gasteiger partial charge in [-0.2, -0.15) is 0 Å². The Morgan fingerprint density at radius 3 is 1.64 bits per heavy atom. The Morgan fingerprint density at radius 1 is 0.733 bits per heavy atom. The molecule has 2 aromatic carbocycles. The standard InChI is InChI=1S/C11H15NO2.C9H12O.C7H12N2O.C7H11NO.2CH4/c1-8(2)14-10-6-4-9(5-7-10)11(13)12-3;1-8(2)10-9-6-4-3-5-7-9;1-6(2)10-7-4-5-9(3)8-7;1-6(2)9-7-4-3-5-8-7;;/h4-8H,1-3H3,(H,12,13);3-8H,1-2H3;4-6H,1-3H3;3-4,6H,5H2,1-2H3;2*1H4. The Labute approximate surface area is 272 Å². The topological polar surface area (TPSA) is 96.2 Å². The van der Waals surface area contributed by atoms with Crippen molar-refractivity contribution in [2.75, 3.05) is 13.6 Å². The van der Waals surface area contributed by atoms with E-state index in [2.05, 4.69) is 15.4 Å². The smallest absolute Gasteiger partial charge is 0.251 e. The number of rotatable bonds is 8. The number of aromatic nitrogens is 2. The molecule has 0 saturated heterocycles. The Balaban J connectivity index is 0. The molecule has 1 aromatic heterocycles. The van der Waals surface area contributed by atoms with Crippen molar-refractivity contribution in [1.82, 2.24) is 15.1 Å². The van der Waals surface area contributed by atoms with Crippen LogP contribution < -0.4 is 19.5 Å². The highest BCUT2D eigenvalue weighted by atomic mass is 16.5. The third-order valence-corrected chi connectivity index (χ3v) is 4.85. The van der Waals surface area contributed by atoms with Crippen molar-refractivity contribution in [1.29, 1.82) is 0 Å². The summed E-state index contributed by atoms with van der Waals surface area (Å²) in [4.78, 5) is 15.3. The minimum atomic E-state index is -0.0823. The number of carbonyl (C=O) groups is 1. The first-order valence-electron chi connectivity index (χ1n) is 14.6. The quantitative estimate of drug-likeness (QED) is 0.271. The molecule has 0 aliphatic carbocycles. The minimum absolute atomic E-state index is 0. The average Bonchev–Trinajstić information content (AvgIpc) is 3.60. The molecule has 0 saturated carbocycles. The second kappa shape index (κ2) is 24.1. The second-order valence-electron chi connectivity index (χ2n) is 10.5. The number of amides is 1. The molecule has 0 bridgehead atoms. The van der Waals surface area contributed by atoms with Gasteiger partial charge in [0.25, 0.3) is 5.91 Å². The fourth-order valence-corrected chi connectivity index (χ4v) is 3.24. The average molecular weight is 627 g/mol. The third-order valence-electron chi connectivity index (χ3n) is 4.85. The zero-order chi connectivity index (χ0) is 32.2. The van der Waals surface area contributed by atoms with Gasteiger partial charge < -0.3 is 24.3 Å². The van der Waals surface area contributed by atoms with Gasteiger partial charge in [-0.1, -0.05) is 39.1 Å². The summed E-state index contributed by atoms with van der Waals surface area (Å²) in [6, 6.07) is 18.8. The molecule has 0 fully saturated rings. The van der Waals surface area contributed by atoms with E-state index in [-0.39, 0.29) is 45.2 Å². The van der Waals surface area contributed by atoms with Crippen LogP contribution in [0.3, 0.4) is 0 Å². The van der Waals surface area contributed by atoms with Crippen molar-refractivity contribution < 1.29 is 23.7 Å². The van der Waals surface area contributed by atoms with Gasteiger partial charge in [0, 0.05) is 31.9 Å². The van der Waals surface area contributed by atoms with Crippen LogP contribution in [0, 0.1) is 0 Å². The maximum atomic E-state index is 11.2. The van der Waals surface area contributed by atoms with E-state index in [1.807, 2.05) is 117 Å². The zero-order valence-electron chi connectivity index (χ0n) is 27.4. The van der Waals surface area contributed by atoms with E-state index >= 15 is 0 Å². The van der Waals surface area contributed by atoms with Crippen molar-refractivity contribution in [3.63, 3.8) is 0 Å². The molecule has 1 N–H and O–H groups in total. The molecular formula is C36H58N4O5. The normalized spacial score (nSPS) is 10.9. The lowest BCUT2D eigenvalue weighted by molar-refractivity contribution is 0.0963. The Hall–Kier alpha value is -4.27. The van der Waals surface area contributed by atoms with Crippen LogP contribution in [0.4, 0.5) is 0 Å². The number of carbonyl (C=O) groups excluding carboxylic acids is 1. The van der Waals surface area contributed by atoms with Crippen molar-refractivity contribution in [2.45, 2.75) is 94.7 Å². The van der Waals surface area contributed by atoms with E-state index in [9.17, 15) is 4.79 Å². The largest absolute Gasteiger partial charge is 0.491 e. The third kappa shape index (κ3) is 21.1. The molecule has 4 rings (SSSR count). The van der Waals surface area contributed by atoms with E-state index in [4.69, 9.17) is 18.9 Å². The van der Waals surface area contributed by atoms with E-state index in [1.54, 1.807) is 36.0 Å². The van der Waals surface area contributed by atoms with Gasteiger partial charge in [0.05, 0.1) is 31.0 Å². The van der Waals surface area contributed by atoms with Gasteiger partial charge in [0.1, 0.15) is 11.5 Å². The van der Waals surface area contributed by atoms with Gasteiger partial charge in [-0.15, -0.1) is 5.10 Å². The lowest BCUT2D eigenvalue weighted by atomic mass is 10.2. The Kier molecular flexibility index (Phi) is 23.0. The number of ether oxygens (including phenoxy) is 4. The number of hydrogen-bond donors (Lipinski definition) is 1. The summed E-state index contributed by atoms with van der Waals surface area (Å²) < 4.78 is 23.2. The molecule has 3 aromatic rings. The highest BCUT2D eigenvalue weighted by molar-refractivity contribution is 5.94. The fourth-order valence-electron chi connectivity index (χ4n) is 3.24. The number of para-hydroxylation sites is 1. The number of benzene rings is 2. The molecule has 2 heterocycles. The van der Waals surface area contributed by atoms with Crippen molar-refractivity contribution in [3.8, 4) is 17.4 Å². The van der Waals surface area contributed by atoms with Crippen LogP contribution in [0.15, 0.2) is 84.0 Å². The summed E-state index contributed by atoms with van der Waals surface area (Å²) in [5, 5.41) is 6.61. The van der Waals surface area contributed by atoms with Crippen LogP contribution >= 0.6 is 0 Å². The van der Waals surface area contributed by atoms with E-state index in [0.717, 1.165) is 23.9 Å². The lowest BCUT2D eigenvalue weighted by Crippen LogP contribution is -2.17. The number of nitrogens with one attached hydrogen (secondary N) is 1. The summed E-state index contributed by atoms with van der Waals surface area (Å²) in [6.45, 7) is 16.7.